The Kier molecular flexibility index (Phi) is 7.94. The lowest BCUT2D eigenvalue weighted by molar-refractivity contribution is -0.116. The Morgan fingerprint density at radius 2 is 1.51 bits per heavy atom. The minimum atomic E-state index is -0.375. The molecule has 4 aromatic rings. The van der Waals surface area contributed by atoms with E-state index in [-0.39, 0.29) is 30.4 Å². The third-order valence-corrected chi connectivity index (χ3v) is 6.01. The summed E-state index contributed by atoms with van der Waals surface area (Å²) in [7, 11) is 0. The molecule has 0 spiro atoms. The molecule has 4 rings (SSSR count). The Bertz CT molecular complexity index is 1360. The van der Waals surface area contributed by atoms with Gasteiger partial charge in [0.25, 0.3) is 0 Å². The molecule has 1 heterocycles. The van der Waals surface area contributed by atoms with Crippen molar-refractivity contribution in [2.45, 2.75) is 32.7 Å². The zero-order chi connectivity index (χ0) is 26.4. The molecule has 0 saturated carbocycles. The molecule has 0 radical (unpaired) electrons. The molecule has 3 aromatic carbocycles. The van der Waals surface area contributed by atoms with Gasteiger partial charge in [-0.05, 0) is 29.8 Å². The summed E-state index contributed by atoms with van der Waals surface area (Å²) in [5, 5.41) is 11.1. The summed E-state index contributed by atoms with van der Waals surface area (Å²) in [5.74, 6) is 0.124. The van der Waals surface area contributed by atoms with Gasteiger partial charge in [0.15, 0.2) is 0 Å². The number of anilines is 2. The predicted octanol–water partition coefficient (Wildman–Crippen LogP) is 6.50. The molecule has 2 N–H and O–H groups in total. The number of benzene rings is 3. The Labute approximate surface area is 222 Å². The molecule has 0 aliphatic rings. The van der Waals surface area contributed by atoms with Gasteiger partial charge in [0, 0.05) is 23.7 Å². The highest BCUT2D eigenvalue weighted by Crippen LogP contribution is 2.29. The van der Waals surface area contributed by atoms with Crippen molar-refractivity contribution in [1.82, 2.24) is 14.7 Å². The van der Waals surface area contributed by atoms with Gasteiger partial charge in [-0.2, -0.15) is 5.10 Å². The Hall–Kier alpha value is -4.10. The SMILES string of the molecule is CC(C)(C)c1cc(NC(=O)CN(Cc2ccccc2)C(=O)Nc2ccccc2)n(-c2ccccc2Cl)n1. The number of urea groups is 1. The van der Waals surface area contributed by atoms with Crippen LogP contribution < -0.4 is 10.6 Å². The molecule has 0 unspecified atom stereocenters. The minimum Gasteiger partial charge on any atom is -0.311 e. The van der Waals surface area contributed by atoms with Crippen molar-refractivity contribution < 1.29 is 9.59 Å². The fourth-order valence-electron chi connectivity index (χ4n) is 3.73. The molecule has 8 heteroatoms. The Morgan fingerprint density at radius 1 is 0.892 bits per heavy atom. The van der Waals surface area contributed by atoms with Crippen LogP contribution in [0, 0.1) is 0 Å². The largest absolute Gasteiger partial charge is 0.322 e. The zero-order valence-corrected chi connectivity index (χ0v) is 21.9. The van der Waals surface area contributed by atoms with Crippen LogP contribution >= 0.6 is 11.6 Å². The van der Waals surface area contributed by atoms with Crippen LogP contribution in [-0.2, 0) is 16.8 Å². The van der Waals surface area contributed by atoms with Crippen molar-refractivity contribution in [3.63, 3.8) is 0 Å². The first-order chi connectivity index (χ1) is 17.7. The third kappa shape index (κ3) is 6.77. The second-order valence-corrected chi connectivity index (χ2v) is 10.1. The number of rotatable bonds is 7. The molecule has 190 valence electrons. The van der Waals surface area contributed by atoms with Crippen molar-refractivity contribution in [2.24, 2.45) is 0 Å². The Morgan fingerprint density at radius 3 is 2.16 bits per heavy atom. The lowest BCUT2D eigenvalue weighted by Crippen LogP contribution is -2.40. The van der Waals surface area contributed by atoms with Crippen LogP contribution in [-0.4, -0.2) is 33.2 Å². The van der Waals surface area contributed by atoms with E-state index in [1.54, 1.807) is 22.9 Å². The highest BCUT2D eigenvalue weighted by atomic mass is 35.5. The number of aromatic nitrogens is 2. The average Bonchev–Trinajstić information content (AvgIpc) is 3.29. The van der Waals surface area contributed by atoms with Gasteiger partial charge in [-0.25, -0.2) is 9.48 Å². The van der Waals surface area contributed by atoms with E-state index >= 15 is 0 Å². The van der Waals surface area contributed by atoms with Crippen LogP contribution in [0.15, 0.2) is 91.0 Å². The van der Waals surface area contributed by atoms with Gasteiger partial charge >= 0.3 is 6.03 Å². The monoisotopic (exact) mass is 515 g/mol. The van der Waals surface area contributed by atoms with Crippen molar-refractivity contribution in [3.8, 4) is 5.69 Å². The molecule has 0 bridgehead atoms. The van der Waals surface area contributed by atoms with Crippen molar-refractivity contribution >= 4 is 35.0 Å². The summed E-state index contributed by atoms with van der Waals surface area (Å²) >= 11 is 6.45. The number of nitrogens with one attached hydrogen (secondary N) is 2. The molecule has 0 aliphatic carbocycles. The summed E-state index contributed by atoms with van der Waals surface area (Å²) in [6.07, 6.45) is 0. The number of nitrogens with zero attached hydrogens (tertiary/aromatic N) is 3. The maximum absolute atomic E-state index is 13.3. The van der Waals surface area contributed by atoms with Gasteiger partial charge in [-0.15, -0.1) is 0 Å². The van der Waals surface area contributed by atoms with E-state index in [1.807, 2.05) is 93.6 Å². The van der Waals surface area contributed by atoms with Gasteiger partial charge < -0.3 is 15.5 Å². The molecule has 3 amide bonds. The van der Waals surface area contributed by atoms with Crippen molar-refractivity contribution in [1.29, 1.82) is 0 Å². The Balaban J connectivity index is 1.59. The zero-order valence-electron chi connectivity index (χ0n) is 21.1. The third-order valence-electron chi connectivity index (χ3n) is 5.69. The molecular weight excluding hydrogens is 486 g/mol. The van der Waals surface area contributed by atoms with Crippen LogP contribution in [0.4, 0.5) is 16.3 Å². The van der Waals surface area contributed by atoms with Gasteiger partial charge in [-0.3, -0.25) is 4.79 Å². The topological polar surface area (TPSA) is 79.3 Å². The summed E-state index contributed by atoms with van der Waals surface area (Å²) in [5.41, 5.74) is 2.76. The van der Waals surface area contributed by atoms with E-state index in [9.17, 15) is 9.59 Å². The smallest absolute Gasteiger partial charge is 0.311 e. The predicted molar refractivity (Wildman–Crippen MR) is 148 cm³/mol. The molecule has 7 nitrogen and oxygen atoms in total. The lowest BCUT2D eigenvalue weighted by Gasteiger charge is -2.23. The van der Waals surface area contributed by atoms with Gasteiger partial charge in [-0.1, -0.05) is 93.0 Å². The first kappa shape index (κ1) is 26.0. The summed E-state index contributed by atoms with van der Waals surface area (Å²) in [4.78, 5) is 27.9. The van der Waals surface area contributed by atoms with Gasteiger partial charge in [0.2, 0.25) is 5.91 Å². The van der Waals surface area contributed by atoms with Gasteiger partial charge in [0.05, 0.1) is 16.4 Å². The summed E-state index contributed by atoms with van der Waals surface area (Å²) < 4.78 is 1.63. The van der Waals surface area contributed by atoms with E-state index in [4.69, 9.17) is 16.7 Å². The van der Waals surface area contributed by atoms with Crippen molar-refractivity contribution in [2.75, 3.05) is 17.2 Å². The summed E-state index contributed by atoms with van der Waals surface area (Å²) in [6.45, 7) is 6.25. The minimum absolute atomic E-state index is 0.161. The maximum Gasteiger partial charge on any atom is 0.322 e. The highest BCUT2D eigenvalue weighted by molar-refractivity contribution is 6.32. The number of hydrogen-bond acceptors (Lipinski definition) is 3. The molecule has 0 aliphatic heterocycles. The van der Waals surface area contributed by atoms with Crippen LogP contribution in [0.25, 0.3) is 5.69 Å². The quantitative estimate of drug-likeness (QED) is 0.295. The molecule has 0 atom stereocenters. The fraction of sp³-hybridized carbons (Fsp3) is 0.207. The average molecular weight is 516 g/mol. The number of halogens is 1. The van der Waals surface area contributed by atoms with Gasteiger partial charge in [0.1, 0.15) is 12.4 Å². The molecule has 0 fully saturated rings. The van der Waals surface area contributed by atoms with Crippen molar-refractivity contribution in [3.05, 3.63) is 107 Å². The summed E-state index contributed by atoms with van der Waals surface area (Å²) in [6, 6.07) is 27.5. The molecule has 37 heavy (non-hydrogen) atoms. The van der Waals surface area contributed by atoms with E-state index in [0.29, 0.717) is 22.2 Å². The first-order valence-corrected chi connectivity index (χ1v) is 12.4. The van der Waals surface area contributed by atoms with E-state index in [1.165, 1.54) is 4.90 Å². The van der Waals surface area contributed by atoms with Crippen LogP contribution in [0.5, 0.6) is 0 Å². The van der Waals surface area contributed by atoms with E-state index < -0.39 is 0 Å². The highest BCUT2D eigenvalue weighted by Gasteiger charge is 2.24. The number of carbonyl (C=O) groups is 2. The number of amides is 3. The lowest BCUT2D eigenvalue weighted by atomic mass is 9.92. The molecule has 1 aromatic heterocycles. The number of para-hydroxylation sites is 2. The van der Waals surface area contributed by atoms with Crippen LogP contribution in [0.2, 0.25) is 5.02 Å². The van der Waals surface area contributed by atoms with Crippen LogP contribution in [0.1, 0.15) is 32.0 Å². The maximum atomic E-state index is 13.3. The fourth-order valence-corrected chi connectivity index (χ4v) is 3.94. The van der Waals surface area contributed by atoms with E-state index in [0.717, 1.165) is 11.3 Å². The van der Waals surface area contributed by atoms with E-state index in [2.05, 4.69) is 10.6 Å². The van der Waals surface area contributed by atoms with Crippen LogP contribution in [0.3, 0.4) is 0 Å². The molecule has 0 saturated heterocycles. The molecular formula is C29H30ClN5O2. The normalized spacial score (nSPS) is 11.1. The standard InChI is InChI=1S/C29H30ClN5O2/c1-29(2,3)25-18-26(35(33-25)24-17-11-10-16-23(24)30)32-27(36)20-34(19-21-12-6-4-7-13-21)28(37)31-22-14-8-5-9-15-22/h4-18H,19-20H2,1-3H3,(H,31,37)(H,32,36). The number of hydrogen-bond donors (Lipinski definition) is 2. The first-order valence-electron chi connectivity index (χ1n) is 12.0. The number of carbonyl (C=O) groups excluding carboxylic acids is 2. The second-order valence-electron chi connectivity index (χ2n) is 9.71. The second kappa shape index (κ2) is 11.3.